The number of ether oxygens (including phenoxy) is 2. The smallest absolute Gasteiger partial charge is 0.227 e. The van der Waals surface area contributed by atoms with Crippen molar-refractivity contribution in [2.45, 2.75) is 19.4 Å². The van der Waals surface area contributed by atoms with Crippen molar-refractivity contribution < 1.29 is 14.3 Å². The molecule has 0 spiro atoms. The zero-order valence-corrected chi connectivity index (χ0v) is 15.9. The van der Waals surface area contributed by atoms with Crippen molar-refractivity contribution in [3.8, 4) is 11.5 Å². The molecular weight excluding hydrogens is 364 g/mol. The van der Waals surface area contributed by atoms with Gasteiger partial charge in [0.25, 0.3) is 0 Å². The quantitative estimate of drug-likeness (QED) is 0.864. The average Bonchev–Trinajstić information content (AvgIpc) is 2.70. The van der Waals surface area contributed by atoms with Crippen molar-refractivity contribution in [3.05, 3.63) is 53.1 Å². The lowest BCUT2D eigenvalue weighted by Crippen LogP contribution is -2.37. The third kappa shape index (κ3) is 4.37. The van der Waals surface area contributed by atoms with E-state index in [1.165, 1.54) is 0 Å². The van der Waals surface area contributed by atoms with Crippen LogP contribution in [0.5, 0.6) is 11.5 Å². The van der Waals surface area contributed by atoms with Crippen LogP contribution >= 0.6 is 11.6 Å². The van der Waals surface area contributed by atoms with Crippen LogP contribution in [-0.4, -0.2) is 37.1 Å². The fraction of sp³-hybridized carbons (Fsp3) is 0.381. The molecule has 0 aliphatic carbocycles. The predicted molar refractivity (Wildman–Crippen MR) is 106 cm³/mol. The first-order valence-corrected chi connectivity index (χ1v) is 9.73. The van der Waals surface area contributed by atoms with E-state index < -0.39 is 0 Å². The van der Waals surface area contributed by atoms with Gasteiger partial charge < -0.3 is 14.8 Å². The van der Waals surface area contributed by atoms with Crippen molar-refractivity contribution in [1.82, 2.24) is 4.90 Å². The van der Waals surface area contributed by atoms with E-state index in [9.17, 15) is 4.79 Å². The van der Waals surface area contributed by atoms with Crippen molar-refractivity contribution in [2.75, 3.05) is 31.6 Å². The number of hydrogen-bond donors (Lipinski definition) is 1. The van der Waals surface area contributed by atoms with Gasteiger partial charge in [-0.25, -0.2) is 0 Å². The molecular formula is C21H23ClN2O3. The molecule has 4 rings (SSSR count). The Morgan fingerprint density at radius 2 is 1.81 bits per heavy atom. The number of halogens is 1. The molecule has 2 heterocycles. The number of nitrogens with one attached hydrogen (secondary N) is 1. The topological polar surface area (TPSA) is 50.8 Å². The largest absolute Gasteiger partial charge is 0.486 e. The van der Waals surface area contributed by atoms with Gasteiger partial charge in [-0.15, -0.1) is 0 Å². The maximum absolute atomic E-state index is 12.6. The van der Waals surface area contributed by atoms with E-state index in [1.807, 2.05) is 36.4 Å². The Labute approximate surface area is 164 Å². The first kappa shape index (κ1) is 18.1. The summed E-state index contributed by atoms with van der Waals surface area (Å²) >= 11 is 6.25. The number of nitrogens with zero attached hydrogens (tertiary/aromatic N) is 1. The van der Waals surface area contributed by atoms with Gasteiger partial charge in [-0.05, 0) is 49.7 Å². The van der Waals surface area contributed by atoms with Crippen molar-refractivity contribution in [3.63, 3.8) is 0 Å². The summed E-state index contributed by atoms with van der Waals surface area (Å²) in [4.78, 5) is 15.0. The predicted octanol–water partition coefficient (Wildman–Crippen LogP) is 3.96. The Bertz CT molecular complexity index is 819. The molecule has 6 heteroatoms. The molecule has 2 aliphatic heterocycles. The van der Waals surface area contributed by atoms with Gasteiger partial charge in [0.2, 0.25) is 5.91 Å². The number of fused-ring (bicyclic) bond motifs is 1. The zero-order chi connectivity index (χ0) is 18.6. The van der Waals surface area contributed by atoms with E-state index in [4.69, 9.17) is 21.1 Å². The number of amides is 1. The van der Waals surface area contributed by atoms with E-state index in [-0.39, 0.29) is 11.8 Å². The van der Waals surface area contributed by atoms with Gasteiger partial charge in [0.05, 0.1) is 0 Å². The number of carbonyl (C=O) groups is 1. The number of piperidine rings is 1. The minimum absolute atomic E-state index is 0.0284. The molecule has 2 aromatic rings. The van der Waals surface area contributed by atoms with Crippen LogP contribution in [0.1, 0.15) is 18.4 Å². The molecule has 2 aromatic carbocycles. The third-order valence-corrected chi connectivity index (χ3v) is 5.49. The number of likely N-dealkylation sites (tertiary alicyclic amines) is 1. The van der Waals surface area contributed by atoms with E-state index in [1.54, 1.807) is 0 Å². The molecule has 0 radical (unpaired) electrons. The summed E-state index contributed by atoms with van der Waals surface area (Å²) in [5.41, 5.74) is 1.89. The number of rotatable bonds is 4. The second-order valence-electron chi connectivity index (χ2n) is 6.99. The number of anilines is 1. The highest BCUT2D eigenvalue weighted by atomic mass is 35.5. The monoisotopic (exact) mass is 386 g/mol. The van der Waals surface area contributed by atoms with Crippen molar-refractivity contribution in [2.24, 2.45) is 5.92 Å². The van der Waals surface area contributed by atoms with Crippen molar-refractivity contribution in [1.29, 1.82) is 0 Å². The Morgan fingerprint density at radius 1 is 1.07 bits per heavy atom. The van der Waals surface area contributed by atoms with Crippen LogP contribution in [0.4, 0.5) is 5.69 Å². The fourth-order valence-electron chi connectivity index (χ4n) is 3.59. The molecule has 0 atom stereocenters. The van der Waals surface area contributed by atoms with Crippen LogP contribution in [-0.2, 0) is 11.3 Å². The normalized spacial score (nSPS) is 17.5. The van der Waals surface area contributed by atoms with E-state index >= 15 is 0 Å². The fourth-order valence-corrected chi connectivity index (χ4v) is 3.78. The van der Waals surface area contributed by atoms with Gasteiger partial charge in [0.15, 0.2) is 11.5 Å². The van der Waals surface area contributed by atoms with Gasteiger partial charge in [-0.1, -0.05) is 29.8 Å². The molecule has 0 aromatic heterocycles. The van der Waals surface area contributed by atoms with Gasteiger partial charge in [0.1, 0.15) is 13.2 Å². The van der Waals surface area contributed by atoms with Gasteiger partial charge >= 0.3 is 0 Å². The zero-order valence-electron chi connectivity index (χ0n) is 15.1. The van der Waals surface area contributed by atoms with Gasteiger partial charge in [0, 0.05) is 29.2 Å². The summed E-state index contributed by atoms with van der Waals surface area (Å²) in [5.74, 6) is 1.52. The highest BCUT2D eigenvalue weighted by Gasteiger charge is 2.25. The Kier molecular flexibility index (Phi) is 5.50. The molecule has 1 amide bonds. The SMILES string of the molecule is O=C(Nc1ccc2c(c1)OCCO2)C1CCN(Cc2ccccc2Cl)CC1. The molecule has 2 aliphatic rings. The molecule has 27 heavy (non-hydrogen) atoms. The molecule has 1 N–H and O–H groups in total. The lowest BCUT2D eigenvalue weighted by Gasteiger charge is -2.31. The second kappa shape index (κ2) is 8.19. The summed E-state index contributed by atoms with van der Waals surface area (Å²) in [6.45, 7) is 3.71. The van der Waals surface area contributed by atoms with Gasteiger partial charge in [-0.3, -0.25) is 9.69 Å². The second-order valence-corrected chi connectivity index (χ2v) is 7.40. The van der Waals surface area contributed by atoms with Gasteiger partial charge in [-0.2, -0.15) is 0 Å². The van der Waals surface area contributed by atoms with E-state index in [2.05, 4.69) is 16.3 Å². The molecule has 1 fully saturated rings. The molecule has 0 unspecified atom stereocenters. The van der Waals surface area contributed by atoms with Crippen LogP contribution in [0.2, 0.25) is 5.02 Å². The Morgan fingerprint density at radius 3 is 2.59 bits per heavy atom. The summed E-state index contributed by atoms with van der Waals surface area (Å²) in [6.07, 6.45) is 1.70. The summed E-state index contributed by atoms with van der Waals surface area (Å²) in [7, 11) is 0. The maximum Gasteiger partial charge on any atom is 0.227 e. The summed E-state index contributed by atoms with van der Waals surface area (Å²) < 4.78 is 11.1. The molecule has 0 bridgehead atoms. The van der Waals surface area contributed by atoms with Crippen LogP contribution in [0.25, 0.3) is 0 Å². The first-order valence-electron chi connectivity index (χ1n) is 9.35. The summed E-state index contributed by atoms with van der Waals surface area (Å²) in [6, 6.07) is 13.5. The van der Waals surface area contributed by atoms with Crippen LogP contribution in [0, 0.1) is 5.92 Å². The van der Waals surface area contributed by atoms with E-state index in [0.717, 1.165) is 54.5 Å². The van der Waals surface area contributed by atoms with Crippen LogP contribution in [0.3, 0.4) is 0 Å². The first-order chi connectivity index (χ1) is 13.2. The average molecular weight is 387 g/mol. The number of benzene rings is 2. The molecule has 142 valence electrons. The Balaban J connectivity index is 1.30. The third-order valence-electron chi connectivity index (χ3n) is 5.12. The molecule has 5 nitrogen and oxygen atoms in total. The van der Waals surface area contributed by atoms with Crippen LogP contribution < -0.4 is 14.8 Å². The Hall–Kier alpha value is -2.24. The highest BCUT2D eigenvalue weighted by Crippen LogP contribution is 2.33. The molecule has 0 saturated carbocycles. The minimum atomic E-state index is 0.0284. The minimum Gasteiger partial charge on any atom is -0.486 e. The lowest BCUT2D eigenvalue weighted by molar-refractivity contribution is -0.121. The highest BCUT2D eigenvalue weighted by molar-refractivity contribution is 6.31. The molecule has 1 saturated heterocycles. The lowest BCUT2D eigenvalue weighted by atomic mass is 9.95. The van der Waals surface area contributed by atoms with E-state index in [0.29, 0.717) is 19.0 Å². The van der Waals surface area contributed by atoms with Crippen molar-refractivity contribution >= 4 is 23.2 Å². The standard InChI is InChI=1S/C21H23ClN2O3/c22-18-4-2-1-3-16(18)14-24-9-7-15(8-10-24)21(25)23-17-5-6-19-20(13-17)27-12-11-26-19/h1-6,13,15H,7-12,14H2,(H,23,25). The van der Waals surface area contributed by atoms with Crippen LogP contribution in [0.15, 0.2) is 42.5 Å². The maximum atomic E-state index is 12.6. The number of carbonyl (C=O) groups excluding carboxylic acids is 1. The summed E-state index contributed by atoms with van der Waals surface area (Å²) in [5, 5.41) is 3.82. The number of hydrogen-bond acceptors (Lipinski definition) is 4.